The molecule has 0 aliphatic carbocycles. The maximum atomic E-state index is 12.4. The highest BCUT2D eigenvalue weighted by molar-refractivity contribution is 6.71. The zero-order valence-electron chi connectivity index (χ0n) is 8.21. The van der Waals surface area contributed by atoms with Gasteiger partial charge in [-0.2, -0.15) is 22.0 Å². The van der Waals surface area contributed by atoms with Crippen molar-refractivity contribution in [2.45, 2.75) is 37.7 Å². The second kappa shape index (κ2) is 4.14. The fourth-order valence-corrected chi connectivity index (χ4v) is 1.82. The third-order valence-corrected chi connectivity index (χ3v) is 4.57. The van der Waals surface area contributed by atoms with Crippen molar-refractivity contribution in [1.29, 1.82) is 0 Å². The molecule has 0 atom stereocenters. The van der Waals surface area contributed by atoms with Crippen molar-refractivity contribution < 1.29 is 26.4 Å². The molecular weight excluding hydrogens is 223 g/mol. The largest absolute Gasteiger partial charge is 0.453 e. The van der Waals surface area contributed by atoms with E-state index in [0.29, 0.717) is 0 Å². The molecule has 0 unspecified atom stereocenters. The summed E-state index contributed by atoms with van der Waals surface area (Å²) in [5.41, 5.74) is 0. The zero-order valence-corrected chi connectivity index (χ0v) is 9.21. The molecule has 1 nitrogen and oxygen atoms in total. The third-order valence-electron chi connectivity index (χ3n) is 2.01. The zero-order chi connectivity index (χ0) is 11.6. The average molecular weight is 236 g/mol. The predicted octanol–water partition coefficient (Wildman–Crippen LogP) is 3.43. The first-order valence-corrected chi connectivity index (χ1v) is 7.13. The Morgan fingerprint density at radius 1 is 1.07 bits per heavy atom. The van der Waals surface area contributed by atoms with Gasteiger partial charge in [0, 0.05) is 13.5 Å². The van der Waals surface area contributed by atoms with Crippen molar-refractivity contribution in [3.63, 3.8) is 0 Å². The lowest BCUT2D eigenvalue weighted by molar-refractivity contribution is -0.282. The Kier molecular flexibility index (Phi) is 4.09. The number of hydrogen-bond acceptors (Lipinski definition) is 1. The van der Waals surface area contributed by atoms with E-state index < -0.39 is 26.8 Å². The Hall–Kier alpha value is -0.173. The van der Waals surface area contributed by atoms with Crippen LogP contribution < -0.4 is 0 Å². The van der Waals surface area contributed by atoms with E-state index in [1.807, 2.05) is 0 Å². The molecule has 0 aromatic heterocycles. The van der Waals surface area contributed by atoms with E-state index in [4.69, 9.17) is 4.43 Å². The Morgan fingerprint density at radius 2 is 1.50 bits per heavy atom. The Labute approximate surface area is 80.4 Å². The molecule has 0 amide bonds. The van der Waals surface area contributed by atoms with Crippen LogP contribution in [0.5, 0.6) is 0 Å². The van der Waals surface area contributed by atoms with Crippen LogP contribution in [0.2, 0.25) is 19.1 Å². The van der Waals surface area contributed by atoms with Crippen LogP contribution in [0.15, 0.2) is 0 Å². The van der Waals surface area contributed by atoms with Gasteiger partial charge in [0.1, 0.15) is 0 Å². The van der Waals surface area contributed by atoms with Crippen LogP contribution in [0.25, 0.3) is 0 Å². The van der Waals surface area contributed by atoms with Crippen molar-refractivity contribution >= 4 is 8.32 Å². The third kappa shape index (κ3) is 3.91. The fourth-order valence-electron chi connectivity index (χ4n) is 0.702. The first-order chi connectivity index (χ1) is 6.02. The van der Waals surface area contributed by atoms with Gasteiger partial charge in [-0.25, -0.2) is 0 Å². The molecule has 0 aromatic rings. The standard InChI is InChI=1S/C7H13F5OSi/c1-13-14(2,3)5-4-6(8,9)7(10,11)12/h4-5H2,1-3H3. The molecule has 0 heterocycles. The molecule has 86 valence electrons. The van der Waals surface area contributed by atoms with Crippen molar-refractivity contribution in [3.05, 3.63) is 0 Å². The molecule has 0 aromatic carbocycles. The summed E-state index contributed by atoms with van der Waals surface area (Å²) in [5, 5.41) is 0. The van der Waals surface area contributed by atoms with E-state index in [-0.39, 0.29) is 6.04 Å². The van der Waals surface area contributed by atoms with Gasteiger partial charge in [0.05, 0.1) is 0 Å². The molecule has 0 aliphatic heterocycles. The highest BCUT2D eigenvalue weighted by Crippen LogP contribution is 2.40. The molecule has 0 saturated heterocycles. The predicted molar refractivity (Wildman–Crippen MR) is 44.9 cm³/mol. The summed E-state index contributed by atoms with van der Waals surface area (Å²) in [6, 6.07) is -0.212. The van der Waals surface area contributed by atoms with Crippen LogP contribution >= 0.6 is 0 Å². The van der Waals surface area contributed by atoms with Crippen LogP contribution in [0.1, 0.15) is 6.42 Å². The number of hydrogen-bond donors (Lipinski definition) is 0. The van der Waals surface area contributed by atoms with Crippen LogP contribution in [0, 0.1) is 0 Å². The minimum absolute atomic E-state index is 0.212. The Balaban J connectivity index is 4.27. The van der Waals surface area contributed by atoms with Crippen LogP contribution in [0.4, 0.5) is 22.0 Å². The maximum absolute atomic E-state index is 12.4. The highest BCUT2D eigenvalue weighted by Gasteiger charge is 2.57. The minimum Gasteiger partial charge on any atom is -0.420 e. The molecular formula is C7H13F5OSi. The van der Waals surface area contributed by atoms with Crippen LogP contribution in [0.3, 0.4) is 0 Å². The number of alkyl halides is 5. The molecule has 14 heavy (non-hydrogen) atoms. The Bertz CT molecular complexity index is 189. The van der Waals surface area contributed by atoms with E-state index in [2.05, 4.69) is 0 Å². The van der Waals surface area contributed by atoms with Crippen molar-refractivity contribution in [2.24, 2.45) is 0 Å². The van der Waals surface area contributed by atoms with E-state index in [1.54, 1.807) is 13.1 Å². The Morgan fingerprint density at radius 3 is 1.79 bits per heavy atom. The summed E-state index contributed by atoms with van der Waals surface area (Å²) in [7, 11) is -1.01. The molecule has 7 heteroatoms. The van der Waals surface area contributed by atoms with Crippen LogP contribution in [-0.4, -0.2) is 27.5 Å². The van der Waals surface area contributed by atoms with E-state index in [1.165, 1.54) is 7.11 Å². The minimum atomic E-state index is -5.45. The van der Waals surface area contributed by atoms with Gasteiger partial charge >= 0.3 is 12.1 Å². The first-order valence-electron chi connectivity index (χ1n) is 4.01. The summed E-state index contributed by atoms with van der Waals surface area (Å²) in [6.07, 6.45) is -6.64. The van der Waals surface area contributed by atoms with E-state index >= 15 is 0 Å². The topological polar surface area (TPSA) is 9.23 Å². The van der Waals surface area contributed by atoms with Gasteiger partial charge in [0.25, 0.3) is 0 Å². The van der Waals surface area contributed by atoms with Gasteiger partial charge in [0.15, 0.2) is 8.32 Å². The van der Waals surface area contributed by atoms with Gasteiger partial charge < -0.3 is 4.43 Å². The summed E-state index contributed by atoms with van der Waals surface area (Å²) in [6.45, 7) is 3.19. The summed E-state index contributed by atoms with van der Waals surface area (Å²) >= 11 is 0. The molecule has 0 fully saturated rings. The summed E-state index contributed by atoms with van der Waals surface area (Å²) < 4.78 is 65.0. The molecule has 0 radical (unpaired) electrons. The molecule has 0 rings (SSSR count). The number of rotatable bonds is 4. The van der Waals surface area contributed by atoms with Crippen molar-refractivity contribution in [1.82, 2.24) is 0 Å². The SMILES string of the molecule is CO[Si](C)(C)CCC(F)(F)C(F)(F)F. The monoisotopic (exact) mass is 236 g/mol. The molecule has 0 aliphatic rings. The molecule has 0 saturated carbocycles. The molecule has 0 N–H and O–H groups in total. The summed E-state index contributed by atoms with van der Waals surface area (Å²) in [5.74, 6) is -4.60. The number of halogens is 5. The van der Waals surface area contributed by atoms with Gasteiger partial charge in [0.2, 0.25) is 0 Å². The van der Waals surface area contributed by atoms with Crippen LogP contribution in [-0.2, 0) is 4.43 Å². The van der Waals surface area contributed by atoms with E-state index in [9.17, 15) is 22.0 Å². The lowest BCUT2D eigenvalue weighted by Gasteiger charge is -2.24. The maximum Gasteiger partial charge on any atom is 0.453 e. The summed E-state index contributed by atoms with van der Waals surface area (Å²) in [4.78, 5) is 0. The van der Waals surface area contributed by atoms with Gasteiger partial charge in [-0.1, -0.05) is 0 Å². The highest BCUT2D eigenvalue weighted by atomic mass is 28.4. The lowest BCUT2D eigenvalue weighted by Crippen LogP contribution is -2.39. The quantitative estimate of drug-likeness (QED) is 0.536. The smallest absolute Gasteiger partial charge is 0.420 e. The van der Waals surface area contributed by atoms with Gasteiger partial charge in [-0.15, -0.1) is 0 Å². The molecule has 0 bridgehead atoms. The first kappa shape index (κ1) is 13.8. The normalized spacial score (nSPS) is 14.6. The van der Waals surface area contributed by atoms with Crippen molar-refractivity contribution in [3.8, 4) is 0 Å². The van der Waals surface area contributed by atoms with Gasteiger partial charge in [-0.05, 0) is 19.1 Å². The van der Waals surface area contributed by atoms with E-state index in [0.717, 1.165) is 0 Å². The fraction of sp³-hybridized carbons (Fsp3) is 1.00. The second-order valence-corrected chi connectivity index (χ2v) is 8.09. The lowest BCUT2D eigenvalue weighted by atomic mass is 10.2. The molecule has 0 spiro atoms. The second-order valence-electron chi connectivity index (χ2n) is 3.67. The van der Waals surface area contributed by atoms with Crippen molar-refractivity contribution in [2.75, 3.05) is 7.11 Å². The average Bonchev–Trinajstić information content (AvgIpc) is 1.99. The van der Waals surface area contributed by atoms with Gasteiger partial charge in [-0.3, -0.25) is 0 Å².